The summed E-state index contributed by atoms with van der Waals surface area (Å²) in [6.45, 7) is -0.276. The summed E-state index contributed by atoms with van der Waals surface area (Å²) >= 11 is 0. The minimum absolute atomic E-state index is 0.182. The molecule has 35 heavy (non-hydrogen) atoms. The van der Waals surface area contributed by atoms with Crippen LogP contribution in [0.1, 0.15) is 39.3 Å². The summed E-state index contributed by atoms with van der Waals surface area (Å²) in [6.07, 6.45) is 5.71. The van der Waals surface area contributed by atoms with Crippen LogP contribution in [0.4, 0.5) is 0 Å². The first-order valence-electron chi connectivity index (χ1n) is 11.1. The fraction of sp³-hybridized carbons (Fsp3) is 0.107. The van der Waals surface area contributed by atoms with Crippen molar-refractivity contribution in [2.45, 2.75) is 12.5 Å². The Morgan fingerprint density at radius 2 is 1.54 bits per heavy atom. The van der Waals surface area contributed by atoms with Crippen LogP contribution in [0.25, 0.3) is 12.2 Å². The van der Waals surface area contributed by atoms with E-state index in [0.29, 0.717) is 11.3 Å². The molecule has 0 unspecified atom stereocenters. The van der Waals surface area contributed by atoms with Crippen molar-refractivity contribution in [3.05, 3.63) is 133 Å². The molecule has 0 aliphatic heterocycles. The molecule has 174 valence electrons. The Hall–Kier alpha value is -4.65. The Morgan fingerprint density at radius 1 is 0.886 bits per heavy atom. The minimum Gasteiger partial charge on any atom is -0.482 e. The second-order valence-corrected chi connectivity index (χ2v) is 8.33. The summed E-state index contributed by atoms with van der Waals surface area (Å²) in [5.41, 5.74) is 4.22. The topological polar surface area (TPSA) is 101 Å². The number of nitrogens with zero attached hydrogens (tertiary/aromatic N) is 1. The lowest BCUT2D eigenvalue weighted by Gasteiger charge is -2.21. The first-order chi connectivity index (χ1) is 17.0. The Bertz CT molecular complexity index is 1510. The zero-order valence-electron chi connectivity index (χ0n) is 18.7. The monoisotopic (exact) mass is 466 g/mol. The number of hydrogen-bond donors (Lipinski definition) is 2. The highest BCUT2D eigenvalue weighted by molar-refractivity contribution is 5.77. The van der Waals surface area contributed by atoms with Crippen molar-refractivity contribution in [3.63, 3.8) is 0 Å². The van der Waals surface area contributed by atoms with Crippen LogP contribution in [0.15, 0.2) is 88.6 Å². The van der Waals surface area contributed by atoms with Gasteiger partial charge in [0.15, 0.2) is 6.61 Å². The zero-order chi connectivity index (χ0) is 24.4. The molecule has 1 heterocycles. The first kappa shape index (κ1) is 22.2. The molecule has 1 aromatic heterocycles. The summed E-state index contributed by atoms with van der Waals surface area (Å²) < 4.78 is 6.71. The summed E-state index contributed by atoms with van der Waals surface area (Å²) in [5.74, 6) is -1.05. The quantitative estimate of drug-likeness (QED) is 0.397. The van der Waals surface area contributed by atoms with E-state index in [9.17, 15) is 14.4 Å². The van der Waals surface area contributed by atoms with Gasteiger partial charge in [0.2, 0.25) is 0 Å². The molecule has 0 fully saturated rings. The highest BCUT2D eigenvalue weighted by atomic mass is 16.5. The van der Waals surface area contributed by atoms with Crippen molar-refractivity contribution in [2.75, 3.05) is 6.61 Å². The van der Waals surface area contributed by atoms with Gasteiger partial charge in [-0.3, -0.25) is 14.3 Å². The van der Waals surface area contributed by atoms with Crippen LogP contribution in [-0.2, 0) is 11.3 Å². The number of fused-ring (bicyclic) bond motifs is 2. The van der Waals surface area contributed by atoms with E-state index in [0.717, 1.165) is 27.8 Å². The van der Waals surface area contributed by atoms with Crippen molar-refractivity contribution >= 4 is 18.1 Å². The van der Waals surface area contributed by atoms with Crippen LogP contribution in [0.2, 0.25) is 0 Å². The maximum Gasteiger partial charge on any atom is 0.341 e. The normalized spacial score (nSPS) is 12.5. The number of H-pyrrole nitrogens is 1. The number of carboxylic acid groups (broad SMARTS) is 1. The molecule has 5 rings (SSSR count). The summed E-state index contributed by atoms with van der Waals surface area (Å²) in [5, 5.41) is 8.85. The molecular weight excluding hydrogens is 444 g/mol. The second-order valence-electron chi connectivity index (χ2n) is 8.33. The van der Waals surface area contributed by atoms with Crippen LogP contribution in [0.5, 0.6) is 5.75 Å². The maximum absolute atomic E-state index is 13.1. The van der Waals surface area contributed by atoms with E-state index < -0.39 is 23.8 Å². The third-order valence-electron chi connectivity index (χ3n) is 6.02. The van der Waals surface area contributed by atoms with Gasteiger partial charge in [-0.25, -0.2) is 9.59 Å². The lowest BCUT2D eigenvalue weighted by atomic mass is 9.83. The SMILES string of the molecule is O=C(O)COc1cccc(Cn2cc(C3c4ccccc4C=Cc4ccccc43)c(=O)[nH]c2=O)c1. The van der Waals surface area contributed by atoms with Crippen molar-refractivity contribution in [1.29, 1.82) is 0 Å². The molecule has 3 aromatic carbocycles. The average molecular weight is 466 g/mol. The van der Waals surface area contributed by atoms with Crippen LogP contribution < -0.4 is 16.0 Å². The lowest BCUT2D eigenvalue weighted by molar-refractivity contribution is -0.139. The number of aromatic amines is 1. The number of hydrogen-bond acceptors (Lipinski definition) is 4. The van der Waals surface area contributed by atoms with Gasteiger partial charge in [-0.15, -0.1) is 0 Å². The van der Waals surface area contributed by atoms with E-state index in [-0.39, 0.29) is 12.5 Å². The minimum atomic E-state index is -1.07. The van der Waals surface area contributed by atoms with Crippen molar-refractivity contribution in [1.82, 2.24) is 9.55 Å². The second kappa shape index (κ2) is 9.30. The van der Waals surface area contributed by atoms with Gasteiger partial charge in [0, 0.05) is 17.7 Å². The van der Waals surface area contributed by atoms with E-state index in [4.69, 9.17) is 9.84 Å². The largest absolute Gasteiger partial charge is 0.482 e. The van der Waals surface area contributed by atoms with Crippen molar-refractivity contribution in [2.24, 2.45) is 0 Å². The molecule has 7 nitrogen and oxygen atoms in total. The van der Waals surface area contributed by atoms with Gasteiger partial charge < -0.3 is 9.84 Å². The van der Waals surface area contributed by atoms with E-state index in [1.165, 1.54) is 4.57 Å². The lowest BCUT2D eigenvalue weighted by Crippen LogP contribution is -2.33. The van der Waals surface area contributed by atoms with Gasteiger partial charge in [0.1, 0.15) is 5.75 Å². The standard InChI is InChI=1S/C28H22N2O5/c31-25(32)17-35-21-9-5-6-18(14-21)15-30-16-24(27(33)29-28(30)34)26-22-10-3-1-7-19(22)12-13-20-8-2-4-11-23(20)26/h1-14,16,26H,15,17H2,(H,31,32)(H,29,33,34). The van der Waals surface area contributed by atoms with E-state index in [2.05, 4.69) is 4.98 Å². The predicted molar refractivity (Wildman–Crippen MR) is 133 cm³/mol. The Kier molecular flexibility index (Phi) is 5.89. The molecule has 7 heteroatoms. The highest BCUT2D eigenvalue weighted by Gasteiger charge is 2.26. The molecule has 0 bridgehead atoms. The van der Waals surface area contributed by atoms with Gasteiger partial charge in [-0.2, -0.15) is 0 Å². The van der Waals surface area contributed by atoms with E-state index in [1.807, 2.05) is 66.7 Å². The molecule has 2 N–H and O–H groups in total. The first-order valence-corrected chi connectivity index (χ1v) is 11.1. The molecule has 1 aliphatic rings. The molecule has 0 amide bonds. The fourth-order valence-corrected chi connectivity index (χ4v) is 4.46. The number of aliphatic carboxylic acids is 1. The van der Waals surface area contributed by atoms with E-state index >= 15 is 0 Å². The number of ether oxygens (including phenoxy) is 1. The number of carboxylic acids is 1. The van der Waals surface area contributed by atoms with Gasteiger partial charge in [0.05, 0.1) is 6.54 Å². The van der Waals surface area contributed by atoms with E-state index in [1.54, 1.807) is 24.4 Å². The molecule has 4 aromatic rings. The van der Waals surface area contributed by atoms with Gasteiger partial charge in [-0.05, 0) is 39.9 Å². The summed E-state index contributed by atoms with van der Waals surface area (Å²) in [7, 11) is 0. The summed E-state index contributed by atoms with van der Waals surface area (Å²) in [4.78, 5) is 39.1. The number of carbonyl (C=O) groups is 1. The molecule has 1 aliphatic carbocycles. The maximum atomic E-state index is 13.1. The number of rotatable bonds is 6. The third-order valence-corrected chi connectivity index (χ3v) is 6.02. The molecule has 0 saturated heterocycles. The molecule has 0 radical (unpaired) electrons. The number of aromatic nitrogens is 2. The molecular formula is C28H22N2O5. The molecule has 0 atom stereocenters. The Morgan fingerprint density at radius 3 is 2.20 bits per heavy atom. The Balaban J connectivity index is 1.59. The smallest absolute Gasteiger partial charge is 0.341 e. The van der Waals surface area contributed by atoms with Crippen LogP contribution in [-0.4, -0.2) is 27.2 Å². The van der Waals surface area contributed by atoms with Crippen molar-refractivity contribution < 1.29 is 14.6 Å². The number of benzene rings is 3. The fourth-order valence-electron chi connectivity index (χ4n) is 4.46. The average Bonchev–Trinajstić information content (AvgIpc) is 3.02. The van der Waals surface area contributed by atoms with Gasteiger partial charge in [0.25, 0.3) is 5.56 Å². The van der Waals surface area contributed by atoms with Gasteiger partial charge >= 0.3 is 11.7 Å². The third kappa shape index (κ3) is 4.56. The molecule has 0 spiro atoms. The predicted octanol–water partition coefficient (Wildman–Crippen LogP) is 3.71. The van der Waals surface area contributed by atoms with Crippen LogP contribution in [0, 0.1) is 0 Å². The Labute approximate surface area is 200 Å². The van der Waals surface area contributed by atoms with Crippen LogP contribution >= 0.6 is 0 Å². The highest BCUT2D eigenvalue weighted by Crippen LogP contribution is 2.37. The van der Waals surface area contributed by atoms with Crippen LogP contribution in [0.3, 0.4) is 0 Å². The van der Waals surface area contributed by atoms with Crippen molar-refractivity contribution in [3.8, 4) is 5.75 Å². The van der Waals surface area contributed by atoms with Gasteiger partial charge in [-0.1, -0.05) is 72.8 Å². The molecule has 0 saturated carbocycles. The number of nitrogens with one attached hydrogen (secondary N) is 1. The zero-order valence-corrected chi connectivity index (χ0v) is 18.7. The summed E-state index contributed by atoms with van der Waals surface area (Å²) in [6, 6.07) is 22.7.